The molecule has 0 bridgehead atoms. The van der Waals surface area contributed by atoms with Crippen molar-refractivity contribution in [2.45, 2.75) is 38.2 Å². The maximum Gasteiger partial charge on any atom is 0.0741 e. The fourth-order valence-electron chi connectivity index (χ4n) is 1.42. The molecule has 110 valence electrons. The third kappa shape index (κ3) is 12.3. The van der Waals surface area contributed by atoms with Crippen molar-refractivity contribution in [3.63, 3.8) is 0 Å². The SMILES string of the molecule is COCCOCCCOCCCCC(C)(O)CN. The van der Waals surface area contributed by atoms with E-state index in [1.54, 1.807) is 14.0 Å². The van der Waals surface area contributed by atoms with Crippen molar-refractivity contribution < 1.29 is 19.3 Å². The van der Waals surface area contributed by atoms with Gasteiger partial charge in [-0.2, -0.15) is 0 Å². The van der Waals surface area contributed by atoms with E-state index in [1.807, 2.05) is 0 Å². The van der Waals surface area contributed by atoms with Crippen LogP contribution in [0.25, 0.3) is 0 Å². The second-order valence-electron chi connectivity index (χ2n) is 4.73. The average molecular weight is 263 g/mol. The molecule has 0 saturated heterocycles. The fourth-order valence-corrected chi connectivity index (χ4v) is 1.42. The summed E-state index contributed by atoms with van der Waals surface area (Å²) in [5.41, 5.74) is 4.71. The van der Waals surface area contributed by atoms with Crippen LogP contribution in [-0.2, 0) is 14.2 Å². The minimum Gasteiger partial charge on any atom is -0.389 e. The van der Waals surface area contributed by atoms with E-state index in [1.165, 1.54) is 0 Å². The summed E-state index contributed by atoms with van der Waals surface area (Å²) in [7, 11) is 1.66. The van der Waals surface area contributed by atoms with E-state index >= 15 is 0 Å². The Morgan fingerprint density at radius 2 is 1.56 bits per heavy atom. The predicted molar refractivity (Wildman–Crippen MR) is 71.7 cm³/mol. The molecule has 0 aromatic carbocycles. The average Bonchev–Trinajstić information content (AvgIpc) is 2.36. The molecule has 0 rings (SSSR count). The molecule has 3 N–H and O–H groups in total. The van der Waals surface area contributed by atoms with Gasteiger partial charge in [0.1, 0.15) is 0 Å². The van der Waals surface area contributed by atoms with Crippen LogP contribution in [-0.4, -0.2) is 57.4 Å². The van der Waals surface area contributed by atoms with Gasteiger partial charge in [0.2, 0.25) is 0 Å². The van der Waals surface area contributed by atoms with Crippen molar-refractivity contribution in [2.75, 3.05) is 46.7 Å². The van der Waals surface area contributed by atoms with E-state index in [2.05, 4.69) is 0 Å². The first-order valence-electron chi connectivity index (χ1n) is 6.69. The van der Waals surface area contributed by atoms with Crippen LogP contribution in [0.2, 0.25) is 0 Å². The molecule has 1 atom stereocenters. The van der Waals surface area contributed by atoms with Crippen LogP contribution in [0.3, 0.4) is 0 Å². The molecule has 0 aromatic rings. The van der Waals surface area contributed by atoms with Gasteiger partial charge in [-0.1, -0.05) is 0 Å². The van der Waals surface area contributed by atoms with Crippen LogP contribution >= 0.6 is 0 Å². The van der Waals surface area contributed by atoms with Crippen molar-refractivity contribution in [1.29, 1.82) is 0 Å². The zero-order valence-electron chi connectivity index (χ0n) is 11.8. The summed E-state index contributed by atoms with van der Waals surface area (Å²) in [6.07, 6.45) is 3.53. The van der Waals surface area contributed by atoms with E-state index in [-0.39, 0.29) is 0 Å². The molecular weight excluding hydrogens is 234 g/mol. The number of aliphatic hydroxyl groups is 1. The van der Waals surface area contributed by atoms with Gasteiger partial charge in [-0.25, -0.2) is 0 Å². The Kier molecular flexibility index (Phi) is 11.7. The number of rotatable bonds is 13. The summed E-state index contributed by atoms with van der Waals surface area (Å²) in [5.74, 6) is 0. The van der Waals surface area contributed by atoms with Crippen LogP contribution < -0.4 is 5.73 Å². The van der Waals surface area contributed by atoms with Gasteiger partial charge in [-0.05, 0) is 32.6 Å². The highest BCUT2D eigenvalue weighted by Gasteiger charge is 2.16. The molecule has 5 heteroatoms. The molecule has 0 aromatic heterocycles. The van der Waals surface area contributed by atoms with Gasteiger partial charge in [0.15, 0.2) is 0 Å². The zero-order valence-corrected chi connectivity index (χ0v) is 11.8. The third-order valence-corrected chi connectivity index (χ3v) is 2.70. The maximum absolute atomic E-state index is 9.67. The second-order valence-corrected chi connectivity index (χ2v) is 4.73. The van der Waals surface area contributed by atoms with E-state index in [0.717, 1.165) is 38.9 Å². The van der Waals surface area contributed by atoms with Crippen LogP contribution in [0.15, 0.2) is 0 Å². The molecule has 0 aliphatic heterocycles. The molecule has 0 amide bonds. The molecule has 0 saturated carbocycles. The van der Waals surface area contributed by atoms with Crippen LogP contribution in [0.1, 0.15) is 32.6 Å². The summed E-state index contributed by atoms with van der Waals surface area (Å²) in [5, 5.41) is 9.67. The normalized spacial score (nSPS) is 14.7. The molecule has 0 aliphatic rings. The number of ether oxygens (including phenoxy) is 3. The third-order valence-electron chi connectivity index (χ3n) is 2.70. The van der Waals surface area contributed by atoms with Gasteiger partial charge in [-0.15, -0.1) is 0 Å². The van der Waals surface area contributed by atoms with Crippen molar-refractivity contribution >= 4 is 0 Å². The monoisotopic (exact) mass is 263 g/mol. The quantitative estimate of drug-likeness (QED) is 0.484. The van der Waals surface area contributed by atoms with Gasteiger partial charge in [0.05, 0.1) is 18.8 Å². The second kappa shape index (κ2) is 11.9. The maximum atomic E-state index is 9.67. The van der Waals surface area contributed by atoms with Crippen molar-refractivity contribution in [2.24, 2.45) is 5.73 Å². The Hall–Kier alpha value is -0.200. The van der Waals surface area contributed by atoms with Gasteiger partial charge in [0.25, 0.3) is 0 Å². The first kappa shape index (κ1) is 17.8. The van der Waals surface area contributed by atoms with Crippen molar-refractivity contribution in [3.8, 4) is 0 Å². The number of nitrogens with two attached hydrogens (primary N) is 1. The van der Waals surface area contributed by atoms with Crippen molar-refractivity contribution in [3.05, 3.63) is 0 Å². The highest BCUT2D eigenvalue weighted by Crippen LogP contribution is 2.11. The van der Waals surface area contributed by atoms with E-state index < -0.39 is 5.60 Å². The molecule has 0 aliphatic carbocycles. The lowest BCUT2D eigenvalue weighted by atomic mass is 10.00. The number of methoxy groups -OCH3 is 1. The molecule has 18 heavy (non-hydrogen) atoms. The molecule has 0 spiro atoms. The Morgan fingerprint density at radius 3 is 2.17 bits per heavy atom. The molecule has 1 unspecified atom stereocenters. The lowest BCUT2D eigenvalue weighted by molar-refractivity contribution is 0.0442. The first-order chi connectivity index (χ1) is 8.62. The highest BCUT2D eigenvalue weighted by molar-refractivity contribution is 4.72. The highest BCUT2D eigenvalue weighted by atomic mass is 16.5. The molecule has 0 fully saturated rings. The van der Waals surface area contributed by atoms with E-state index in [0.29, 0.717) is 26.4 Å². The van der Waals surface area contributed by atoms with E-state index in [4.69, 9.17) is 19.9 Å². The van der Waals surface area contributed by atoms with Gasteiger partial charge in [-0.3, -0.25) is 0 Å². The minimum atomic E-state index is -0.727. The smallest absolute Gasteiger partial charge is 0.0741 e. The Morgan fingerprint density at radius 1 is 0.944 bits per heavy atom. The van der Waals surface area contributed by atoms with Gasteiger partial charge < -0.3 is 25.1 Å². The standard InChI is InChI=1S/C13H29NO4/c1-13(15,12-14)6-3-4-7-17-8-5-9-18-11-10-16-2/h15H,3-12,14H2,1-2H3. The van der Waals surface area contributed by atoms with Gasteiger partial charge in [0, 0.05) is 33.5 Å². The van der Waals surface area contributed by atoms with Gasteiger partial charge >= 0.3 is 0 Å². The number of hydrogen-bond donors (Lipinski definition) is 2. The largest absolute Gasteiger partial charge is 0.389 e. The topological polar surface area (TPSA) is 73.9 Å². The summed E-state index contributed by atoms with van der Waals surface area (Å²) >= 11 is 0. The molecular formula is C13H29NO4. The summed E-state index contributed by atoms with van der Waals surface area (Å²) in [6, 6.07) is 0. The number of unbranched alkanes of at least 4 members (excludes halogenated alkanes) is 1. The van der Waals surface area contributed by atoms with Crippen LogP contribution in [0.5, 0.6) is 0 Å². The van der Waals surface area contributed by atoms with Crippen LogP contribution in [0, 0.1) is 0 Å². The fraction of sp³-hybridized carbons (Fsp3) is 1.00. The van der Waals surface area contributed by atoms with Crippen molar-refractivity contribution in [1.82, 2.24) is 0 Å². The Bertz CT molecular complexity index is 176. The molecule has 0 radical (unpaired) electrons. The lowest BCUT2D eigenvalue weighted by Crippen LogP contribution is -2.33. The Balaban J connectivity index is 3.08. The minimum absolute atomic E-state index is 0.312. The number of hydrogen-bond acceptors (Lipinski definition) is 5. The predicted octanol–water partition coefficient (Wildman–Crippen LogP) is 0.936. The summed E-state index contributed by atoms with van der Waals surface area (Å²) in [6.45, 7) is 5.54. The lowest BCUT2D eigenvalue weighted by Gasteiger charge is -2.20. The summed E-state index contributed by atoms with van der Waals surface area (Å²) in [4.78, 5) is 0. The molecule has 5 nitrogen and oxygen atoms in total. The zero-order chi connectivity index (χ0) is 13.7. The summed E-state index contributed by atoms with van der Waals surface area (Å²) < 4.78 is 15.6. The van der Waals surface area contributed by atoms with Crippen LogP contribution in [0.4, 0.5) is 0 Å². The van der Waals surface area contributed by atoms with E-state index in [9.17, 15) is 5.11 Å². The molecule has 0 heterocycles. The first-order valence-corrected chi connectivity index (χ1v) is 6.69. The Labute approximate surface area is 111 Å².